The summed E-state index contributed by atoms with van der Waals surface area (Å²) in [7, 11) is 1.86. The van der Waals surface area contributed by atoms with Crippen LogP contribution in [0.5, 0.6) is 0 Å². The minimum Gasteiger partial charge on any atom is -0.475 e. The molecule has 0 atom stereocenters. The number of aromatic nitrogens is 4. The van der Waals surface area contributed by atoms with Gasteiger partial charge in [0, 0.05) is 61.3 Å². The Hall–Kier alpha value is -4.54. The molecule has 0 unspecified atom stereocenters. The third-order valence-corrected chi connectivity index (χ3v) is 4.92. The number of hydrogen-bond donors (Lipinski definition) is 2. The van der Waals surface area contributed by atoms with Crippen molar-refractivity contribution >= 4 is 11.9 Å². The van der Waals surface area contributed by atoms with Gasteiger partial charge in [0.05, 0.1) is 0 Å². The number of pyridine rings is 1. The summed E-state index contributed by atoms with van der Waals surface area (Å²) in [6.07, 6.45) is 4.70. The predicted octanol–water partition coefficient (Wildman–Crippen LogP) is 4.15. The van der Waals surface area contributed by atoms with Crippen molar-refractivity contribution in [2.24, 2.45) is 7.05 Å². The van der Waals surface area contributed by atoms with E-state index in [-0.39, 0.29) is 5.91 Å². The zero-order valence-corrected chi connectivity index (χ0v) is 19.1. The zero-order valence-electron chi connectivity index (χ0n) is 19.1. The summed E-state index contributed by atoms with van der Waals surface area (Å²) in [5.74, 6) is -2.18. The number of nitrogens with zero attached hydrogens (tertiary/aromatic N) is 4. The summed E-state index contributed by atoms with van der Waals surface area (Å²) in [4.78, 5) is 34.5. The highest BCUT2D eigenvalue weighted by molar-refractivity contribution is 5.94. The highest BCUT2D eigenvalue weighted by atomic mass is 19.4. The van der Waals surface area contributed by atoms with E-state index >= 15 is 0 Å². The van der Waals surface area contributed by atoms with Gasteiger partial charge in [0.15, 0.2) is 5.82 Å². The van der Waals surface area contributed by atoms with Crippen LogP contribution in [0.4, 0.5) is 13.2 Å². The summed E-state index contributed by atoms with van der Waals surface area (Å²) in [6.45, 7) is 0.555. The zero-order chi connectivity index (χ0) is 26.1. The fraction of sp³-hybridized carbons (Fsp3) is 0.160. The number of benzene rings is 1. The summed E-state index contributed by atoms with van der Waals surface area (Å²) >= 11 is 0. The average Bonchev–Trinajstić information content (AvgIpc) is 3.27. The number of rotatable bonds is 6. The molecular weight excluding hydrogens is 475 g/mol. The molecule has 186 valence electrons. The molecule has 36 heavy (non-hydrogen) atoms. The number of carbonyl (C=O) groups excluding carboxylic acids is 1. The standard InChI is InChI=1S/C23H21N5O.C2HF3O2/c1-28-16-19(20-14-26-22(27-15-20)18-7-3-2-4-8-18)12-21(28)23(29)25-11-9-17-6-5-10-24-13-17;3-2(4,5)1(6)7/h2-8,10,12-16H,9,11H2,1H3,(H,25,29);(H,6,7). The summed E-state index contributed by atoms with van der Waals surface area (Å²) in [5, 5.41) is 10.1. The van der Waals surface area contributed by atoms with Crippen LogP contribution in [0.1, 0.15) is 16.1 Å². The quantitative estimate of drug-likeness (QED) is 0.414. The van der Waals surface area contributed by atoms with E-state index in [0.29, 0.717) is 18.1 Å². The maximum atomic E-state index is 12.6. The average molecular weight is 497 g/mol. The van der Waals surface area contributed by atoms with Crippen molar-refractivity contribution < 1.29 is 27.9 Å². The molecule has 0 spiro atoms. The Morgan fingerprint density at radius 3 is 2.22 bits per heavy atom. The van der Waals surface area contributed by atoms with Crippen LogP contribution in [-0.2, 0) is 18.3 Å². The van der Waals surface area contributed by atoms with Gasteiger partial charge in [-0.3, -0.25) is 9.78 Å². The third-order valence-electron chi connectivity index (χ3n) is 4.92. The Kier molecular flexibility index (Phi) is 8.50. The van der Waals surface area contributed by atoms with Crippen LogP contribution in [0.15, 0.2) is 79.5 Å². The normalized spacial score (nSPS) is 10.8. The first-order chi connectivity index (χ1) is 17.1. The fourth-order valence-corrected chi connectivity index (χ4v) is 3.12. The van der Waals surface area contributed by atoms with Crippen molar-refractivity contribution in [2.75, 3.05) is 6.54 Å². The first kappa shape index (κ1) is 26.1. The molecule has 4 aromatic rings. The largest absolute Gasteiger partial charge is 0.490 e. The molecule has 3 heterocycles. The number of aliphatic carboxylic acids is 1. The van der Waals surface area contributed by atoms with E-state index < -0.39 is 12.1 Å². The molecule has 11 heteroatoms. The van der Waals surface area contributed by atoms with Crippen LogP contribution in [0.25, 0.3) is 22.5 Å². The first-order valence-corrected chi connectivity index (χ1v) is 10.7. The van der Waals surface area contributed by atoms with Crippen molar-refractivity contribution in [1.29, 1.82) is 0 Å². The maximum absolute atomic E-state index is 12.6. The van der Waals surface area contributed by atoms with Crippen LogP contribution in [0.2, 0.25) is 0 Å². The second-order valence-corrected chi connectivity index (χ2v) is 7.56. The molecule has 0 fully saturated rings. The lowest BCUT2D eigenvalue weighted by Crippen LogP contribution is -2.27. The van der Waals surface area contributed by atoms with Gasteiger partial charge in [0.1, 0.15) is 5.69 Å². The second-order valence-electron chi connectivity index (χ2n) is 7.56. The SMILES string of the molecule is Cn1cc(-c2cnc(-c3ccccc3)nc2)cc1C(=O)NCCc1cccnc1.O=C(O)C(F)(F)F. The van der Waals surface area contributed by atoms with Crippen LogP contribution in [0.3, 0.4) is 0 Å². The Morgan fingerprint density at radius 2 is 1.64 bits per heavy atom. The molecule has 0 aliphatic rings. The topological polar surface area (TPSA) is 110 Å². The number of alkyl halides is 3. The molecule has 4 rings (SSSR count). The van der Waals surface area contributed by atoms with Gasteiger partial charge in [-0.25, -0.2) is 14.8 Å². The number of halogens is 3. The number of carboxylic acid groups (broad SMARTS) is 1. The fourth-order valence-electron chi connectivity index (χ4n) is 3.12. The molecule has 0 radical (unpaired) electrons. The summed E-state index contributed by atoms with van der Waals surface area (Å²) < 4.78 is 33.6. The highest BCUT2D eigenvalue weighted by Crippen LogP contribution is 2.22. The van der Waals surface area contributed by atoms with Crippen LogP contribution < -0.4 is 5.32 Å². The lowest BCUT2D eigenvalue weighted by molar-refractivity contribution is -0.192. The number of nitrogens with one attached hydrogen (secondary N) is 1. The smallest absolute Gasteiger partial charge is 0.475 e. The van der Waals surface area contributed by atoms with Gasteiger partial charge in [0.25, 0.3) is 5.91 Å². The Balaban J connectivity index is 0.000000454. The Morgan fingerprint density at radius 1 is 0.972 bits per heavy atom. The monoisotopic (exact) mass is 497 g/mol. The van der Waals surface area contributed by atoms with E-state index in [1.165, 1.54) is 0 Å². The van der Waals surface area contributed by atoms with E-state index in [9.17, 15) is 18.0 Å². The van der Waals surface area contributed by atoms with Crippen molar-refractivity contribution in [3.8, 4) is 22.5 Å². The lowest BCUT2D eigenvalue weighted by atomic mass is 10.1. The van der Waals surface area contributed by atoms with E-state index in [1.54, 1.807) is 18.6 Å². The molecule has 0 bridgehead atoms. The summed E-state index contributed by atoms with van der Waals surface area (Å²) in [6, 6.07) is 15.6. The minimum absolute atomic E-state index is 0.107. The lowest BCUT2D eigenvalue weighted by Gasteiger charge is -2.05. The number of hydrogen-bond acceptors (Lipinski definition) is 5. The Bertz CT molecular complexity index is 1290. The third kappa shape index (κ3) is 7.23. The van der Waals surface area contributed by atoms with Crippen LogP contribution in [-0.4, -0.2) is 49.2 Å². The van der Waals surface area contributed by atoms with Gasteiger partial charge < -0.3 is 15.0 Å². The molecule has 1 amide bonds. The van der Waals surface area contributed by atoms with E-state index in [2.05, 4.69) is 20.3 Å². The maximum Gasteiger partial charge on any atom is 0.490 e. The number of aryl methyl sites for hydroxylation is 1. The van der Waals surface area contributed by atoms with E-state index in [0.717, 1.165) is 28.7 Å². The Labute approximate surface area is 204 Å². The van der Waals surface area contributed by atoms with Crippen molar-refractivity contribution in [1.82, 2.24) is 24.8 Å². The van der Waals surface area contributed by atoms with E-state index in [4.69, 9.17) is 9.90 Å². The minimum atomic E-state index is -5.08. The molecule has 8 nitrogen and oxygen atoms in total. The molecule has 0 saturated carbocycles. The van der Waals surface area contributed by atoms with Gasteiger partial charge in [0.2, 0.25) is 0 Å². The first-order valence-electron chi connectivity index (χ1n) is 10.7. The number of amides is 1. The summed E-state index contributed by atoms with van der Waals surface area (Å²) in [5.41, 5.74) is 4.44. The molecular formula is C25H22F3N5O3. The van der Waals surface area contributed by atoms with Gasteiger partial charge in [-0.05, 0) is 24.1 Å². The van der Waals surface area contributed by atoms with Gasteiger partial charge in [-0.2, -0.15) is 13.2 Å². The van der Waals surface area contributed by atoms with E-state index in [1.807, 2.05) is 72.5 Å². The molecule has 1 aromatic carbocycles. The van der Waals surface area contributed by atoms with Crippen molar-refractivity contribution in [3.05, 3.63) is 90.8 Å². The number of carboxylic acids is 1. The number of carbonyl (C=O) groups is 2. The van der Waals surface area contributed by atoms with Crippen molar-refractivity contribution in [3.63, 3.8) is 0 Å². The van der Waals surface area contributed by atoms with Crippen LogP contribution >= 0.6 is 0 Å². The van der Waals surface area contributed by atoms with Gasteiger partial charge in [-0.1, -0.05) is 36.4 Å². The van der Waals surface area contributed by atoms with Crippen LogP contribution in [0, 0.1) is 0 Å². The predicted molar refractivity (Wildman–Crippen MR) is 126 cm³/mol. The highest BCUT2D eigenvalue weighted by Gasteiger charge is 2.38. The van der Waals surface area contributed by atoms with Crippen molar-refractivity contribution in [2.45, 2.75) is 12.6 Å². The second kappa shape index (κ2) is 11.7. The molecule has 0 aliphatic carbocycles. The molecule has 0 saturated heterocycles. The molecule has 3 aromatic heterocycles. The molecule has 0 aliphatic heterocycles. The molecule has 2 N–H and O–H groups in total. The van der Waals surface area contributed by atoms with Gasteiger partial charge in [-0.15, -0.1) is 0 Å². The van der Waals surface area contributed by atoms with Gasteiger partial charge >= 0.3 is 12.1 Å².